The minimum Gasteiger partial charge on any atom is -0.756 e. The van der Waals surface area contributed by atoms with Crippen LogP contribution in [0.1, 0.15) is 373 Å². The molecule has 0 aliphatic carbocycles. The van der Waals surface area contributed by atoms with Gasteiger partial charge in [-0.3, -0.25) is 14.2 Å². The third-order valence-corrected chi connectivity index (χ3v) is 19.1. The van der Waals surface area contributed by atoms with Crippen LogP contribution in [0.25, 0.3) is 0 Å². The summed E-state index contributed by atoms with van der Waals surface area (Å²) in [5.41, 5.74) is 0. The van der Waals surface area contributed by atoms with E-state index in [0.29, 0.717) is 17.4 Å². The predicted octanol–water partition coefficient (Wildman–Crippen LogP) is 27.7. The van der Waals surface area contributed by atoms with Crippen molar-refractivity contribution in [3.8, 4) is 0 Å². The number of phosphoric ester groups is 1. The molecule has 0 aromatic carbocycles. The van der Waals surface area contributed by atoms with Gasteiger partial charge >= 0.3 is 11.9 Å². The third kappa shape index (κ3) is 83.1. The van der Waals surface area contributed by atoms with Crippen LogP contribution in [0.5, 0.6) is 0 Å². The lowest BCUT2D eigenvalue weighted by molar-refractivity contribution is -0.870. The van der Waals surface area contributed by atoms with E-state index in [1.807, 2.05) is 21.1 Å². The van der Waals surface area contributed by atoms with E-state index in [1.165, 1.54) is 238 Å². The van der Waals surface area contributed by atoms with Crippen molar-refractivity contribution < 1.29 is 42.1 Å². The van der Waals surface area contributed by atoms with Crippen LogP contribution in [-0.2, 0) is 32.7 Å². The van der Waals surface area contributed by atoms with Gasteiger partial charge in [0.15, 0.2) is 6.10 Å². The molecule has 9 nitrogen and oxygen atoms in total. The van der Waals surface area contributed by atoms with Crippen LogP contribution in [0.4, 0.5) is 0 Å². The zero-order valence-corrected chi connectivity index (χ0v) is 66.8. The van der Waals surface area contributed by atoms with Crippen LogP contribution < -0.4 is 4.89 Å². The van der Waals surface area contributed by atoms with Crippen LogP contribution in [0.3, 0.4) is 0 Å². The van der Waals surface area contributed by atoms with Crippen LogP contribution in [0, 0.1) is 0 Å². The first kappa shape index (κ1) is 96.2. The second-order valence-electron chi connectivity index (χ2n) is 29.1. The summed E-state index contributed by atoms with van der Waals surface area (Å²) >= 11 is 0. The minimum atomic E-state index is -4.65. The molecule has 0 radical (unpaired) electrons. The number of rotatable bonds is 77. The Morgan fingerprint density at radius 2 is 0.570 bits per heavy atom. The summed E-state index contributed by atoms with van der Waals surface area (Å²) in [6.45, 7) is 4.15. The van der Waals surface area contributed by atoms with E-state index in [0.717, 1.165) is 103 Å². The normalized spacial score (nSPS) is 13.7. The number of carbonyl (C=O) groups is 2. The van der Waals surface area contributed by atoms with Gasteiger partial charge in [-0.25, -0.2) is 0 Å². The number of nitrogens with zero attached hydrogens (tertiary/aromatic N) is 1. The molecule has 0 spiro atoms. The first-order chi connectivity index (χ1) is 49.0. The Morgan fingerprint density at radius 3 is 0.850 bits per heavy atom. The Hall–Kier alpha value is -3.85. The maximum atomic E-state index is 12.9. The zero-order chi connectivity index (χ0) is 72.5. The molecule has 0 heterocycles. The molecule has 0 amide bonds. The molecule has 0 fully saturated rings. The SMILES string of the molecule is CC/C=C\C/C=C\C/C=C\C/C=C\C/C=C\C/C=C\C/C=C\C/C=C\CCCCCCCCCCCCCCC(=O)OC(COC(=O)CCCCCCCCCCCCCCCCCCCCCCCCCC/C=C\C/C=C\C/C=C\CCCCCCC)COP(=O)([O-])OCC[N+](C)(C)C. The monoisotopic (exact) mass is 1410 g/mol. The van der Waals surface area contributed by atoms with Crippen molar-refractivity contribution in [3.63, 3.8) is 0 Å². The van der Waals surface area contributed by atoms with E-state index >= 15 is 0 Å². The fraction of sp³-hybridized carbons (Fsp3) is 0.733. The smallest absolute Gasteiger partial charge is 0.306 e. The Kier molecular flexibility index (Phi) is 76.2. The van der Waals surface area contributed by atoms with E-state index in [4.69, 9.17) is 18.5 Å². The van der Waals surface area contributed by atoms with Gasteiger partial charge in [0.25, 0.3) is 7.82 Å². The molecule has 0 aromatic heterocycles. The fourth-order valence-electron chi connectivity index (χ4n) is 11.8. The Morgan fingerprint density at radius 1 is 0.320 bits per heavy atom. The molecule has 2 unspecified atom stereocenters. The summed E-state index contributed by atoms with van der Waals surface area (Å²) in [4.78, 5) is 38.2. The summed E-state index contributed by atoms with van der Waals surface area (Å²) in [5, 5.41) is 0. The summed E-state index contributed by atoms with van der Waals surface area (Å²) in [5.74, 6) is -0.826. The highest BCUT2D eigenvalue weighted by molar-refractivity contribution is 7.45. The van der Waals surface area contributed by atoms with Gasteiger partial charge < -0.3 is 27.9 Å². The average molecular weight is 1410 g/mol. The highest BCUT2D eigenvalue weighted by Gasteiger charge is 2.22. The van der Waals surface area contributed by atoms with Gasteiger partial charge in [-0.05, 0) is 116 Å². The predicted molar refractivity (Wildman–Crippen MR) is 434 cm³/mol. The van der Waals surface area contributed by atoms with Gasteiger partial charge in [-0.2, -0.15) is 0 Å². The number of carbonyl (C=O) groups excluding carboxylic acids is 2. The number of hydrogen-bond acceptors (Lipinski definition) is 8. The number of quaternary nitrogens is 1. The van der Waals surface area contributed by atoms with Crippen molar-refractivity contribution in [2.45, 2.75) is 380 Å². The molecule has 10 heteroatoms. The molecule has 0 saturated carbocycles. The van der Waals surface area contributed by atoms with Crippen LogP contribution in [0.15, 0.2) is 134 Å². The third-order valence-electron chi connectivity index (χ3n) is 18.2. The molecule has 0 aliphatic heterocycles. The number of allylic oxidation sites excluding steroid dienone is 22. The number of unbranched alkanes of at least 4 members (excludes halogenated alkanes) is 41. The minimum absolute atomic E-state index is 0.0344. The van der Waals surface area contributed by atoms with E-state index in [9.17, 15) is 19.0 Å². The molecule has 100 heavy (non-hydrogen) atoms. The number of phosphoric acid groups is 1. The second kappa shape index (κ2) is 79.3. The molecular formula is C90H158NO8P. The Labute approximate surface area is 619 Å². The molecule has 0 N–H and O–H groups in total. The summed E-state index contributed by atoms with van der Waals surface area (Å²) in [6.07, 6.45) is 116. The lowest BCUT2D eigenvalue weighted by Gasteiger charge is -2.28. The van der Waals surface area contributed by atoms with Crippen molar-refractivity contribution in [2.75, 3.05) is 47.5 Å². The highest BCUT2D eigenvalue weighted by atomic mass is 31.2. The molecule has 0 saturated heterocycles. The van der Waals surface area contributed by atoms with Crippen molar-refractivity contribution in [2.24, 2.45) is 0 Å². The lowest BCUT2D eigenvalue weighted by atomic mass is 10.0. The van der Waals surface area contributed by atoms with Crippen LogP contribution >= 0.6 is 7.82 Å². The second-order valence-corrected chi connectivity index (χ2v) is 30.5. The lowest BCUT2D eigenvalue weighted by Crippen LogP contribution is -2.37. The van der Waals surface area contributed by atoms with E-state index < -0.39 is 26.5 Å². The number of hydrogen-bond donors (Lipinski definition) is 0. The summed E-state index contributed by atoms with van der Waals surface area (Å²) < 4.78 is 34.4. The quantitative estimate of drug-likeness (QED) is 0.0195. The van der Waals surface area contributed by atoms with Crippen molar-refractivity contribution in [1.29, 1.82) is 0 Å². The molecule has 0 bridgehead atoms. The molecular weight excluding hydrogens is 1250 g/mol. The molecule has 0 rings (SSSR count). The molecule has 2 atom stereocenters. The fourth-order valence-corrected chi connectivity index (χ4v) is 12.5. The topological polar surface area (TPSA) is 111 Å². The van der Waals surface area contributed by atoms with E-state index in [2.05, 4.69) is 148 Å². The standard InChI is InChI=1S/C90H158NO8P/c1-6-8-10-12-14-16-18-20-22-24-26-28-30-32-34-36-38-40-42-44-45-47-48-50-52-54-56-58-60-62-64-66-68-70-72-74-76-78-80-82-89(92)96-86-88(87-98-100(94,95)97-85-84-91(3,4)5)99-90(93)83-81-79-77-75-73-71-69-67-65-63-61-59-57-55-53-51-49-46-43-41-39-37-35-33-31-29-27-25-23-21-19-17-15-13-11-9-7-2/h9,11,15,17-18,20-21,23-24,26-27,29-30,32-33,35,39,41,46,49,53,55,88H,6-8,10,12-14,16,19,22,25,28,31,34,36-38,40,42-45,47-48,50-52,54,56-87H2,1-5H3/b11-9-,17-15-,20-18-,23-21-,26-24-,29-27-,32-30-,35-33-,41-39-,49-46-,55-53-. The highest BCUT2D eigenvalue weighted by Crippen LogP contribution is 2.38. The van der Waals surface area contributed by atoms with Gasteiger partial charge in [-0.1, -0.05) is 379 Å². The van der Waals surface area contributed by atoms with Crippen LogP contribution in [0.2, 0.25) is 0 Å². The van der Waals surface area contributed by atoms with Crippen molar-refractivity contribution >= 4 is 19.8 Å². The maximum absolute atomic E-state index is 12.9. The largest absolute Gasteiger partial charge is 0.756 e. The van der Waals surface area contributed by atoms with Gasteiger partial charge in [0.05, 0.1) is 27.7 Å². The van der Waals surface area contributed by atoms with Gasteiger partial charge in [0.1, 0.15) is 19.8 Å². The van der Waals surface area contributed by atoms with Gasteiger partial charge in [-0.15, -0.1) is 0 Å². The maximum Gasteiger partial charge on any atom is 0.306 e. The van der Waals surface area contributed by atoms with Gasteiger partial charge in [0.2, 0.25) is 0 Å². The molecule has 0 aromatic rings. The van der Waals surface area contributed by atoms with Crippen molar-refractivity contribution in [3.05, 3.63) is 134 Å². The first-order valence-electron chi connectivity index (χ1n) is 41.9. The molecule has 576 valence electrons. The van der Waals surface area contributed by atoms with Crippen molar-refractivity contribution in [1.82, 2.24) is 0 Å². The Bertz CT molecular complexity index is 2160. The summed E-state index contributed by atoms with van der Waals surface area (Å²) in [7, 11) is 1.17. The summed E-state index contributed by atoms with van der Waals surface area (Å²) in [6, 6.07) is 0. The van der Waals surface area contributed by atoms with E-state index in [-0.39, 0.29) is 32.0 Å². The molecule has 0 aliphatic rings. The first-order valence-corrected chi connectivity index (χ1v) is 43.4. The number of likely N-dealkylation sites (N-methyl/N-ethyl adjacent to an activating group) is 1. The number of esters is 2. The van der Waals surface area contributed by atoms with Gasteiger partial charge in [0, 0.05) is 12.8 Å². The van der Waals surface area contributed by atoms with E-state index in [1.54, 1.807) is 0 Å². The zero-order valence-electron chi connectivity index (χ0n) is 65.9. The average Bonchev–Trinajstić information content (AvgIpc) is 1.02. The van der Waals surface area contributed by atoms with Crippen LogP contribution in [-0.4, -0.2) is 70.0 Å². The Balaban J connectivity index is 3.96. The number of ether oxygens (including phenoxy) is 2.